The molecule has 2 N–H and O–H groups in total. The lowest BCUT2D eigenvalue weighted by molar-refractivity contribution is 0.404. The molecule has 0 aliphatic rings. The number of hydrogen-bond donors (Lipinski definition) is 2. The second-order valence-corrected chi connectivity index (χ2v) is 5.24. The molecule has 2 aromatic carbocycles. The highest BCUT2D eigenvalue weighted by molar-refractivity contribution is 9.11. The first-order valence-corrected chi connectivity index (χ1v) is 6.53. The molecule has 0 radical (unpaired) electrons. The van der Waals surface area contributed by atoms with E-state index < -0.39 is 0 Å². The summed E-state index contributed by atoms with van der Waals surface area (Å²) in [5.41, 5.74) is 1.13. The van der Waals surface area contributed by atoms with Crippen molar-refractivity contribution in [1.29, 1.82) is 0 Å². The molecule has 6 heteroatoms. The Morgan fingerprint density at radius 3 is 2.28 bits per heavy atom. The van der Waals surface area contributed by atoms with E-state index in [-0.39, 0.29) is 11.5 Å². The van der Waals surface area contributed by atoms with E-state index in [2.05, 4.69) is 42.1 Å². The number of halogens is 2. The summed E-state index contributed by atoms with van der Waals surface area (Å²) in [6.07, 6.45) is 0. The zero-order chi connectivity index (χ0) is 13.1. The molecule has 2 aromatic rings. The van der Waals surface area contributed by atoms with Gasteiger partial charge in [0.15, 0.2) is 11.5 Å². The van der Waals surface area contributed by atoms with Gasteiger partial charge in [0.1, 0.15) is 0 Å². The van der Waals surface area contributed by atoms with Crippen molar-refractivity contribution in [3.8, 4) is 11.5 Å². The van der Waals surface area contributed by atoms with E-state index in [0.717, 1.165) is 8.95 Å². The molecule has 0 saturated heterocycles. The molecule has 2 rings (SSSR count). The summed E-state index contributed by atoms with van der Waals surface area (Å²) >= 11 is 6.72. The molecule has 18 heavy (non-hydrogen) atoms. The molecule has 0 aliphatic carbocycles. The van der Waals surface area contributed by atoms with Crippen molar-refractivity contribution in [3.63, 3.8) is 0 Å². The molecule has 0 bridgehead atoms. The average Bonchev–Trinajstić information content (AvgIpc) is 2.32. The maximum absolute atomic E-state index is 9.32. The predicted molar refractivity (Wildman–Crippen MR) is 75.8 cm³/mol. The lowest BCUT2D eigenvalue weighted by atomic mass is 10.3. The fraction of sp³-hybridized carbons (Fsp3) is 0. The Balaban J connectivity index is 2.27. The van der Waals surface area contributed by atoms with Gasteiger partial charge in [0.05, 0.1) is 11.4 Å². The fourth-order valence-corrected chi connectivity index (χ4v) is 2.37. The molecule has 0 fully saturated rings. The summed E-state index contributed by atoms with van der Waals surface area (Å²) in [5.74, 6) is -0.403. The van der Waals surface area contributed by atoms with Crippen molar-refractivity contribution in [2.24, 2.45) is 10.2 Å². The van der Waals surface area contributed by atoms with E-state index >= 15 is 0 Å². The third-order valence-electron chi connectivity index (χ3n) is 2.14. The molecule has 0 aromatic heterocycles. The van der Waals surface area contributed by atoms with Crippen LogP contribution in [0.25, 0.3) is 0 Å². The van der Waals surface area contributed by atoms with E-state index in [4.69, 9.17) is 5.11 Å². The van der Waals surface area contributed by atoms with Gasteiger partial charge in [-0.25, -0.2) is 0 Å². The Morgan fingerprint density at radius 1 is 0.833 bits per heavy atom. The van der Waals surface area contributed by atoms with Crippen LogP contribution in [0.5, 0.6) is 11.5 Å². The van der Waals surface area contributed by atoms with E-state index in [1.165, 1.54) is 12.1 Å². The molecule has 92 valence electrons. The maximum Gasteiger partial charge on any atom is 0.159 e. The van der Waals surface area contributed by atoms with Crippen molar-refractivity contribution in [1.82, 2.24) is 0 Å². The lowest BCUT2D eigenvalue weighted by Crippen LogP contribution is -1.70. The summed E-state index contributed by atoms with van der Waals surface area (Å²) < 4.78 is 1.75. The van der Waals surface area contributed by atoms with Gasteiger partial charge in [-0.15, -0.1) is 5.11 Å². The average molecular weight is 372 g/mol. The van der Waals surface area contributed by atoms with Crippen molar-refractivity contribution in [2.75, 3.05) is 0 Å². The topological polar surface area (TPSA) is 65.2 Å². The third-order valence-corrected chi connectivity index (χ3v) is 3.27. The summed E-state index contributed by atoms with van der Waals surface area (Å²) in [6.45, 7) is 0. The number of hydrogen-bond acceptors (Lipinski definition) is 4. The minimum atomic E-state index is -0.221. The van der Waals surface area contributed by atoms with Crippen molar-refractivity contribution < 1.29 is 10.2 Å². The summed E-state index contributed by atoms with van der Waals surface area (Å²) in [7, 11) is 0. The summed E-state index contributed by atoms with van der Waals surface area (Å²) in [6, 6.07) is 9.78. The summed E-state index contributed by atoms with van der Waals surface area (Å²) in [4.78, 5) is 0. The number of azo groups is 1. The SMILES string of the molecule is Oc1ccc(N=Nc2ccc(Br)cc2Br)cc1O. The molecule has 0 aliphatic heterocycles. The highest BCUT2D eigenvalue weighted by Gasteiger charge is 2.01. The smallest absolute Gasteiger partial charge is 0.159 e. The van der Waals surface area contributed by atoms with Crippen molar-refractivity contribution >= 4 is 43.2 Å². The van der Waals surface area contributed by atoms with E-state index in [0.29, 0.717) is 11.4 Å². The van der Waals surface area contributed by atoms with Crippen molar-refractivity contribution in [3.05, 3.63) is 45.3 Å². The van der Waals surface area contributed by atoms with Crippen LogP contribution >= 0.6 is 31.9 Å². The predicted octanol–water partition coefficient (Wildman–Crippen LogP) is 5.04. The molecule has 0 heterocycles. The van der Waals surface area contributed by atoms with Gasteiger partial charge in [0.2, 0.25) is 0 Å². The highest BCUT2D eigenvalue weighted by Crippen LogP contribution is 2.32. The van der Waals surface area contributed by atoms with Crippen LogP contribution in [0.1, 0.15) is 0 Å². The first kappa shape index (κ1) is 13.0. The first-order chi connectivity index (χ1) is 8.56. The Labute approximate surface area is 120 Å². The Hall–Kier alpha value is -1.40. The minimum Gasteiger partial charge on any atom is -0.504 e. The quantitative estimate of drug-likeness (QED) is 0.573. The molecular formula is C12H8Br2N2O2. The molecule has 0 unspecified atom stereocenters. The second kappa shape index (κ2) is 5.49. The van der Waals surface area contributed by atoms with Crippen LogP contribution in [0.4, 0.5) is 11.4 Å². The first-order valence-electron chi connectivity index (χ1n) is 4.95. The normalized spacial score (nSPS) is 11.0. The number of rotatable bonds is 2. The van der Waals surface area contributed by atoms with E-state index in [1.807, 2.05) is 12.1 Å². The lowest BCUT2D eigenvalue weighted by Gasteiger charge is -1.99. The van der Waals surface area contributed by atoms with Gasteiger partial charge < -0.3 is 10.2 Å². The second-order valence-electron chi connectivity index (χ2n) is 3.47. The van der Waals surface area contributed by atoms with Crippen LogP contribution in [0.3, 0.4) is 0 Å². The molecule has 0 saturated carbocycles. The van der Waals surface area contributed by atoms with Gasteiger partial charge in [-0.2, -0.15) is 5.11 Å². The van der Waals surface area contributed by atoms with Gasteiger partial charge in [0.25, 0.3) is 0 Å². The minimum absolute atomic E-state index is 0.182. The van der Waals surface area contributed by atoms with Crippen LogP contribution < -0.4 is 0 Å². The zero-order valence-corrected chi connectivity index (χ0v) is 12.2. The Morgan fingerprint density at radius 2 is 1.61 bits per heavy atom. The van der Waals surface area contributed by atoms with Crippen LogP contribution in [-0.4, -0.2) is 10.2 Å². The number of nitrogens with zero attached hydrogens (tertiary/aromatic N) is 2. The van der Waals surface area contributed by atoms with Crippen LogP contribution in [0, 0.1) is 0 Å². The van der Waals surface area contributed by atoms with E-state index in [9.17, 15) is 5.11 Å². The molecule has 0 atom stereocenters. The van der Waals surface area contributed by atoms with Gasteiger partial charge in [-0.3, -0.25) is 0 Å². The number of phenols is 2. The third kappa shape index (κ3) is 3.08. The van der Waals surface area contributed by atoms with Gasteiger partial charge in [0, 0.05) is 15.0 Å². The Bertz CT molecular complexity index is 615. The summed E-state index contributed by atoms with van der Waals surface area (Å²) in [5, 5.41) is 26.5. The van der Waals surface area contributed by atoms with Gasteiger partial charge >= 0.3 is 0 Å². The number of benzene rings is 2. The number of aromatic hydroxyl groups is 2. The maximum atomic E-state index is 9.32. The van der Waals surface area contributed by atoms with Crippen LogP contribution in [0.2, 0.25) is 0 Å². The van der Waals surface area contributed by atoms with Crippen LogP contribution in [0.15, 0.2) is 55.6 Å². The van der Waals surface area contributed by atoms with E-state index in [1.54, 1.807) is 12.1 Å². The largest absolute Gasteiger partial charge is 0.504 e. The van der Waals surface area contributed by atoms with Crippen molar-refractivity contribution in [2.45, 2.75) is 0 Å². The van der Waals surface area contributed by atoms with Gasteiger partial charge in [-0.1, -0.05) is 15.9 Å². The monoisotopic (exact) mass is 370 g/mol. The molecule has 0 amide bonds. The molecule has 0 spiro atoms. The Kier molecular flexibility index (Phi) is 3.98. The van der Waals surface area contributed by atoms with Gasteiger partial charge in [-0.05, 0) is 46.3 Å². The molecular weight excluding hydrogens is 364 g/mol. The zero-order valence-electron chi connectivity index (χ0n) is 9.01. The molecule has 4 nitrogen and oxygen atoms in total. The standard InChI is InChI=1S/C12H8Br2N2O2/c13-7-1-3-10(9(14)5-7)16-15-8-2-4-11(17)12(18)6-8/h1-6,17-18H. The van der Waals surface area contributed by atoms with Crippen LogP contribution in [-0.2, 0) is 0 Å². The number of phenolic OH excluding ortho intramolecular Hbond substituents is 2. The fourth-order valence-electron chi connectivity index (χ4n) is 1.25. The highest BCUT2D eigenvalue weighted by atomic mass is 79.9.